The Morgan fingerprint density at radius 3 is 2.57 bits per heavy atom. The summed E-state index contributed by atoms with van der Waals surface area (Å²) in [7, 11) is 0. The molecule has 7 heavy (non-hydrogen) atoms. The SMILES string of the molecule is O=C[C@H](CO)N[O-]. The minimum Gasteiger partial charge on any atom is -0.787 e. The number of hydrogen-bond donors (Lipinski definition) is 2. The lowest BCUT2D eigenvalue weighted by atomic mass is 10.4. The maximum absolute atomic E-state index is 9.54. The van der Waals surface area contributed by atoms with Crippen molar-refractivity contribution in [3.63, 3.8) is 0 Å². The highest BCUT2D eigenvalue weighted by Crippen LogP contribution is 1.68. The molecule has 4 nitrogen and oxygen atoms in total. The van der Waals surface area contributed by atoms with Gasteiger partial charge in [0.15, 0.2) is 0 Å². The maximum Gasteiger partial charge on any atom is 0.138 e. The van der Waals surface area contributed by atoms with E-state index in [2.05, 4.69) is 0 Å². The minimum atomic E-state index is -0.944. The highest BCUT2D eigenvalue weighted by atomic mass is 16.5. The molecule has 0 aliphatic rings. The second-order valence-electron chi connectivity index (χ2n) is 1.04. The Hall–Kier alpha value is -0.450. The summed E-state index contributed by atoms with van der Waals surface area (Å²) in [6, 6.07) is -0.944. The molecule has 2 N–H and O–H groups in total. The summed E-state index contributed by atoms with van der Waals surface area (Å²) < 4.78 is 0. The van der Waals surface area contributed by atoms with E-state index in [4.69, 9.17) is 5.11 Å². The average molecular weight is 104 g/mol. The molecule has 0 amide bonds. The highest BCUT2D eigenvalue weighted by molar-refractivity contribution is 5.57. The Balaban J connectivity index is 3.16. The largest absolute Gasteiger partial charge is 0.787 e. The smallest absolute Gasteiger partial charge is 0.138 e. The molecule has 0 aliphatic carbocycles. The van der Waals surface area contributed by atoms with Crippen LogP contribution in [0, 0.1) is 5.21 Å². The molecule has 0 spiro atoms. The normalized spacial score (nSPS) is 13.4. The molecular formula is C3H6NO3-. The number of carbonyl (C=O) groups excluding carboxylic acids is 1. The van der Waals surface area contributed by atoms with E-state index >= 15 is 0 Å². The van der Waals surface area contributed by atoms with Crippen molar-refractivity contribution in [1.29, 1.82) is 0 Å². The predicted octanol–water partition coefficient (Wildman–Crippen LogP) is -1.37. The first-order valence-electron chi connectivity index (χ1n) is 1.79. The fourth-order valence-electron chi connectivity index (χ4n) is 0.108. The Kier molecular flexibility index (Phi) is 3.49. The van der Waals surface area contributed by atoms with Crippen molar-refractivity contribution in [2.45, 2.75) is 6.04 Å². The summed E-state index contributed by atoms with van der Waals surface area (Å²) in [5.74, 6) is 0. The van der Waals surface area contributed by atoms with Crippen LogP contribution in [0.25, 0.3) is 0 Å². The summed E-state index contributed by atoms with van der Waals surface area (Å²) >= 11 is 0. The van der Waals surface area contributed by atoms with Gasteiger partial charge in [-0.15, -0.1) is 0 Å². The van der Waals surface area contributed by atoms with E-state index in [-0.39, 0.29) is 0 Å². The molecule has 0 radical (unpaired) electrons. The molecule has 0 aromatic heterocycles. The second kappa shape index (κ2) is 3.73. The van der Waals surface area contributed by atoms with Gasteiger partial charge in [0.2, 0.25) is 0 Å². The van der Waals surface area contributed by atoms with Crippen LogP contribution in [0.15, 0.2) is 0 Å². The van der Waals surface area contributed by atoms with Crippen LogP contribution in [0.5, 0.6) is 0 Å². The van der Waals surface area contributed by atoms with Gasteiger partial charge < -0.3 is 20.6 Å². The Bertz CT molecular complexity index is 52.1. The first-order valence-corrected chi connectivity index (χ1v) is 1.79. The molecule has 0 aromatic rings. The van der Waals surface area contributed by atoms with Gasteiger partial charge in [0, 0.05) is 0 Å². The van der Waals surface area contributed by atoms with Gasteiger partial charge in [-0.05, 0) is 0 Å². The van der Waals surface area contributed by atoms with Crippen molar-refractivity contribution < 1.29 is 9.90 Å². The van der Waals surface area contributed by atoms with Crippen molar-refractivity contribution in [2.24, 2.45) is 0 Å². The van der Waals surface area contributed by atoms with Crippen LogP contribution in [0.2, 0.25) is 0 Å². The third-order valence-electron chi connectivity index (χ3n) is 0.512. The van der Waals surface area contributed by atoms with E-state index in [0.717, 1.165) is 0 Å². The van der Waals surface area contributed by atoms with Crippen LogP contribution in [0.3, 0.4) is 0 Å². The molecule has 0 aromatic carbocycles. The molecule has 0 bridgehead atoms. The molecule has 4 heteroatoms. The summed E-state index contributed by atoms with van der Waals surface area (Å²) in [5.41, 5.74) is 1.33. The zero-order chi connectivity index (χ0) is 5.70. The lowest BCUT2D eigenvalue weighted by Gasteiger charge is -2.11. The van der Waals surface area contributed by atoms with Crippen LogP contribution in [-0.2, 0) is 4.79 Å². The Morgan fingerprint density at radius 2 is 2.57 bits per heavy atom. The molecule has 0 unspecified atom stereocenters. The molecule has 0 heterocycles. The quantitative estimate of drug-likeness (QED) is 0.342. The monoisotopic (exact) mass is 104 g/mol. The van der Waals surface area contributed by atoms with Crippen LogP contribution in [-0.4, -0.2) is 24.0 Å². The first-order chi connectivity index (χ1) is 3.35. The van der Waals surface area contributed by atoms with E-state index in [9.17, 15) is 10.0 Å². The molecule has 0 fully saturated rings. The Morgan fingerprint density at radius 1 is 2.00 bits per heavy atom. The number of carbonyl (C=O) groups is 1. The van der Waals surface area contributed by atoms with Crippen LogP contribution in [0.4, 0.5) is 0 Å². The van der Waals surface area contributed by atoms with Crippen molar-refractivity contribution in [2.75, 3.05) is 6.61 Å². The molecule has 42 valence electrons. The number of rotatable bonds is 3. The molecule has 0 rings (SSSR count). The molecular weight excluding hydrogens is 98.0 g/mol. The fourth-order valence-corrected chi connectivity index (χ4v) is 0.108. The zero-order valence-electron chi connectivity index (χ0n) is 3.63. The number of nitrogens with one attached hydrogen (secondary N) is 1. The fraction of sp³-hybridized carbons (Fsp3) is 0.667. The standard InChI is InChI=1S/C3H6NO3/c5-1-3(2-6)4-7/h1,3-4,6H,2H2/q-1/t3-/m1/s1. The van der Waals surface area contributed by atoms with E-state index in [1.807, 2.05) is 0 Å². The third-order valence-corrected chi connectivity index (χ3v) is 0.512. The highest BCUT2D eigenvalue weighted by Gasteiger charge is 1.93. The number of hydrogen-bond acceptors (Lipinski definition) is 4. The predicted molar refractivity (Wildman–Crippen MR) is 23.4 cm³/mol. The number of aliphatic hydroxyl groups is 1. The Labute approximate surface area is 40.7 Å². The molecule has 1 atom stereocenters. The summed E-state index contributed by atoms with van der Waals surface area (Å²) in [6.07, 6.45) is 0.354. The molecule has 0 saturated carbocycles. The van der Waals surface area contributed by atoms with E-state index in [0.29, 0.717) is 6.29 Å². The van der Waals surface area contributed by atoms with Crippen molar-refractivity contribution in [1.82, 2.24) is 5.48 Å². The van der Waals surface area contributed by atoms with Crippen molar-refractivity contribution in [3.8, 4) is 0 Å². The van der Waals surface area contributed by atoms with Gasteiger partial charge in [0.25, 0.3) is 0 Å². The number of aldehydes is 1. The van der Waals surface area contributed by atoms with Gasteiger partial charge in [0.05, 0.1) is 12.6 Å². The first kappa shape index (κ1) is 6.55. The summed E-state index contributed by atoms with van der Waals surface area (Å²) in [4.78, 5) is 9.54. The van der Waals surface area contributed by atoms with Crippen LogP contribution in [0.1, 0.15) is 0 Å². The van der Waals surface area contributed by atoms with E-state index in [1.165, 1.54) is 5.48 Å². The van der Waals surface area contributed by atoms with Gasteiger partial charge in [-0.3, -0.25) is 0 Å². The van der Waals surface area contributed by atoms with E-state index < -0.39 is 12.6 Å². The summed E-state index contributed by atoms with van der Waals surface area (Å²) in [5, 5.41) is 17.5. The zero-order valence-corrected chi connectivity index (χ0v) is 3.63. The van der Waals surface area contributed by atoms with Crippen LogP contribution < -0.4 is 5.48 Å². The maximum atomic E-state index is 9.54. The van der Waals surface area contributed by atoms with Gasteiger partial charge in [-0.2, -0.15) is 0 Å². The van der Waals surface area contributed by atoms with Crippen molar-refractivity contribution >= 4 is 6.29 Å². The summed E-state index contributed by atoms with van der Waals surface area (Å²) in [6.45, 7) is -0.438. The van der Waals surface area contributed by atoms with Gasteiger partial charge in [-0.1, -0.05) is 0 Å². The van der Waals surface area contributed by atoms with Gasteiger partial charge >= 0.3 is 0 Å². The van der Waals surface area contributed by atoms with Crippen molar-refractivity contribution in [3.05, 3.63) is 5.21 Å². The molecule has 0 aliphatic heterocycles. The molecule has 0 saturated heterocycles. The van der Waals surface area contributed by atoms with Gasteiger partial charge in [0.1, 0.15) is 6.29 Å². The number of aliphatic hydroxyl groups excluding tert-OH is 1. The third kappa shape index (κ3) is 2.27. The van der Waals surface area contributed by atoms with Crippen LogP contribution >= 0.6 is 0 Å². The second-order valence-corrected chi connectivity index (χ2v) is 1.04. The average Bonchev–Trinajstić information content (AvgIpc) is 1.72. The van der Waals surface area contributed by atoms with Gasteiger partial charge in [-0.25, -0.2) is 0 Å². The lowest BCUT2D eigenvalue weighted by Crippen LogP contribution is -2.28. The number of hydroxylamine groups is 1. The van der Waals surface area contributed by atoms with E-state index in [1.54, 1.807) is 0 Å². The lowest BCUT2D eigenvalue weighted by molar-refractivity contribution is -0.110. The topological polar surface area (TPSA) is 72.4 Å². The minimum absolute atomic E-state index is 0.354.